The summed E-state index contributed by atoms with van der Waals surface area (Å²) in [5.41, 5.74) is 5.30. The van der Waals surface area contributed by atoms with Gasteiger partial charge in [0.05, 0.1) is 5.01 Å². The molecule has 1 aromatic carbocycles. The number of nitrogens with zero attached hydrogens (tertiary/aromatic N) is 2. The molecule has 1 heterocycles. The van der Waals surface area contributed by atoms with Gasteiger partial charge in [0.2, 0.25) is 0 Å². The van der Waals surface area contributed by atoms with Gasteiger partial charge in [0, 0.05) is 37.6 Å². The van der Waals surface area contributed by atoms with E-state index < -0.39 is 0 Å². The van der Waals surface area contributed by atoms with Gasteiger partial charge in [-0.25, -0.2) is 4.98 Å². The standard InChI is InChI=1S/C18H26N4S.HI/c1-12-8-13(2)16(14(3)9-12)11-22-18(19-5)20-7-6-17-21-10-15(4)23-17;/h8-10H,6-7,11H2,1-5H3,(H2,19,20,22);1H. The van der Waals surface area contributed by atoms with E-state index in [-0.39, 0.29) is 24.0 Å². The van der Waals surface area contributed by atoms with Gasteiger partial charge in [-0.05, 0) is 44.4 Å². The highest BCUT2D eigenvalue weighted by molar-refractivity contribution is 14.0. The summed E-state index contributed by atoms with van der Waals surface area (Å²) in [7, 11) is 1.80. The number of benzene rings is 1. The van der Waals surface area contributed by atoms with Crippen LogP contribution in [0.5, 0.6) is 0 Å². The number of hydrogen-bond donors (Lipinski definition) is 2. The summed E-state index contributed by atoms with van der Waals surface area (Å²) >= 11 is 1.75. The Bertz CT molecular complexity index is 671. The molecule has 0 radical (unpaired) electrons. The van der Waals surface area contributed by atoms with Gasteiger partial charge in [0.25, 0.3) is 0 Å². The first-order chi connectivity index (χ1) is 11.0. The van der Waals surface area contributed by atoms with Crippen molar-refractivity contribution >= 4 is 41.3 Å². The van der Waals surface area contributed by atoms with Gasteiger partial charge >= 0.3 is 0 Å². The maximum atomic E-state index is 4.38. The normalized spacial score (nSPS) is 11.1. The SMILES string of the molecule is CN=C(NCCc1ncc(C)s1)NCc1c(C)cc(C)cc1C.I. The quantitative estimate of drug-likeness (QED) is 0.406. The van der Waals surface area contributed by atoms with E-state index in [1.165, 1.54) is 27.1 Å². The zero-order chi connectivity index (χ0) is 16.8. The lowest BCUT2D eigenvalue weighted by molar-refractivity contribution is 0.787. The van der Waals surface area contributed by atoms with Crippen molar-refractivity contribution in [1.29, 1.82) is 0 Å². The van der Waals surface area contributed by atoms with Crippen molar-refractivity contribution in [2.75, 3.05) is 13.6 Å². The highest BCUT2D eigenvalue weighted by Crippen LogP contribution is 2.16. The topological polar surface area (TPSA) is 49.3 Å². The lowest BCUT2D eigenvalue weighted by atomic mass is 10.00. The van der Waals surface area contributed by atoms with Crippen LogP contribution in [0.1, 0.15) is 32.1 Å². The van der Waals surface area contributed by atoms with Crippen LogP contribution in [0.25, 0.3) is 0 Å². The molecular weight excluding hydrogens is 431 g/mol. The van der Waals surface area contributed by atoms with Crippen LogP contribution in [0.2, 0.25) is 0 Å². The van der Waals surface area contributed by atoms with E-state index in [0.717, 1.165) is 30.5 Å². The van der Waals surface area contributed by atoms with Crippen molar-refractivity contribution in [2.45, 2.75) is 40.7 Å². The first-order valence-electron chi connectivity index (χ1n) is 7.92. The molecule has 2 aromatic rings. The Kier molecular flexibility index (Phi) is 8.69. The molecule has 0 aliphatic rings. The highest BCUT2D eigenvalue weighted by atomic mass is 127. The van der Waals surface area contributed by atoms with Gasteiger partial charge < -0.3 is 10.6 Å². The summed E-state index contributed by atoms with van der Waals surface area (Å²) < 4.78 is 0. The second-order valence-electron chi connectivity index (χ2n) is 5.84. The molecule has 0 aliphatic carbocycles. The summed E-state index contributed by atoms with van der Waals surface area (Å²) in [5.74, 6) is 0.831. The first-order valence-corrected chi connectivity index (χ1v) is 8.73. The number of aliphatic imine (C=N–C) groups is 1. The molecule has 0 aliphatic heterocycles. The molecule has 1 aromatic heterocycles. The van der Waals surface area contributed by atoms with Crippen molar-refractivity contribution in [1.82, 2.24) is 15.6 Å². The summed E-state index contributed by atoms with van der Waals surface area (Å²) in [6.07, 6.45) is 2.85. The summed E-state index contributed by atoms with van der Waals surface area (Å²) in [5, 5.41) is 7.92. The minimum atomic E-state index is 0. The average molecular weight is 458 g/mol. The largest absolute Gasteiger partial charge is 0.356 e. The van der Waals surface area contributed by atoms with Gasteiger partial charge in [-0.3, -0.25) is 4.99 Å². The predicted molar refractivity (Wildman–Crippen MR) is 115 cm³/mol. The number of halogens is 1. The molecule has 132 valence electrons. The molecule has 0 bridgehead atoms. The Morgan fingerprint density at radius 2 is 1.79 bits per heavy atom. The molecule has 0 saturated heterocycles. The van der Waals surface area contributed by atoms with Crippen LogP contribution in [0, 0.1) is 27.7 Å². The number of hydrogen-bond acceptors (Lipinski definition) is 3. The van der Waals surface area contributed by atoms with Crippen LogP contribution in [-0.4, -0.2) is 24.5 Å². The van der Waals surface area contributed by atoms with Crippen LogP contribution in [0.15, 0.2) is 23.3 Å². The van der Waals surface area contributed by atoms with Crippen LogP contribution >= 0.6 is 35.3 Å². The monoisotopic (exact) mass is 458 g/mol. The molecule has 6 heteroatoms. The van der Waals surface area contributed by atoms with Crippen LogP contribution in [0.3, 0.4) is 0 Å². The number of guanidine groups is 1. The molecule has 24 heavy (non-hydrogen) atoms. The second-order valence-corrected chi connectivity index (χ2v) is 7.16. The fraction of sp³-hybridized carbons (Fsp3) is 0.444. The lowest BCUT2D eigenvalue weighted by Crippen LogP contribution is -2.38. The number of rotatable bonds is 5. The number of nitrogens with one attached hydrogen (secondary N) is 2. The van der Waals surface area contributed by atoms with Crippen molar-refractivity contribution in [3.05, 3.63) is 50.5 Å². The third-order valence-corrected chi connectivity index (χ3v) is 4.77. The number of thiazole rings is 1. The van der Waals surface area contributed by atoms with Gasteiger partial charge in [0.1, 0.15) is 0 Å². The van der Waals surface area contributed by atoms with Gasteiger partial charge in [-0.2, -0.15) is 0 Å². The zero-order valence-corrected chi connectivity index (χ0v) is 18.2. The van der Waals surface area contributed by atoms with Gasteiger partial charge in [0.15, 0.2) is 5.96 Å². The fourth-order valence-corrected chi connectivity index (χ4v) is 3.47. The number of aryl methyl sites for hydroxylation is 4. The van der Waals surface area contributed by atoms with E-state index in [0.29, 0.717) is 0 Å². The Hall–Kier alpha value is -1.15. The summed E-state index contributed by atoms with van der Waals surface area (Å²) in [6, 6.07) is 4.45. The first kappa shape index (κ1) is 20.9. The smallest absolute Gasteiger partial charge is 0.191 e. The maximum Gasteiger partial charge on any atom is 0.191 e. The average Bonchev–Trinajstić information content (AvgIpc) is 2.89. The van der Waals surface area contributed by atoms with Crippen molar-refractivity contribution < 1.29 is 0 Å². The Labute approximate surface area is 166 Å². The van der Waals surface area contributed by atoms with Crippen LogP contribution in [0.4, 0.5) is 0 Å². The van der Waals surface area contributed by atoms with E-state index >= 15 is 0 Å². The van der Waals surface area contributed by atoms with E-state index in [4.69, 9.17) is 0 Å². The predicted octanol–water partition coefficient (Wildman–Crippen LogP) is 3.90. The Morgan fingerprint density at radius 1 is 1.12 bits per heavy atom. The van der Waals surface area contributed by atoms with E-state index in [9.17, 15) is 0 Å². The number of aromatic nitrogens is 1. The Morgan fingerprint density at radius 3 is 2.33 bits per heavy atom. The van der Waals surface area contributed by atoms with E-state index in [1.807, 2.05) is 6.20 Å². The van der Waals surface area contributed by atoms with E-state index in [1.54, 1.807) is 18.4 Å². The maximum absolute atomic E-state index is 4.38. The highest BCUT2D eigenvalue weighted by Gasteiger charge is 2.05. The Balaban J connectivity index is 0.00000288. The van der Waals surface area contributed by atoms with Gasteiger partial charge in [-0.15, -0.1) is 35.3 Å². The molecule has 0 unspecified atom stereocenters. The molecule has 0 atom stereocenters. The van der Waals surface area contributed by atoms with Crippen molar-refractivity contribution in [3.63, 3.8) is 0 Å². The van der Waals surface area contributed by atoms with E-state index in [2.05, 4.69) is 60.4 Å². The molecule has 2 N–H and O–H groups in total. The zero-order valence-electron chi connectivity index (χ0n) is 15.1. The lowest BCUT2D eigenvalue weighted by Gasteiger charge is -2.15. The van der Waals surface area contributed by atoms with Crippen molar-refractivity contribution in [2.24, 2.45) is 4.99 Å². The van der Waals surface area contributed by atoms with Crippen LogP contribution < -0.4 is 10.6 Å². The molecular formula is C18H27IN4S. The second kappa shape index (κ2) is 9.98. The summed E-state index contributed by atoms with van der Waals surface area (Å²) in [4.78, 5) is 9.93. The molecule has 0 spiro atoms. The van der Waals surface area contributed by atoms with Crippen LogP contribution in [-0.2, 0) is 13.0 Å². The summed E-state index contributed by atoms with van der Waals surface area (Å²) in [6.45, 7) is 10.2. The third kappa shape index (κ3) is 6.05. The molecule has 2 rings (SSSR count). The molecule has 4 nitrogen and oxygen atoms in total. The minimum absolute atomic E-state index is 0. The molecule has 0 amide bonds. The molecule has 0 fully saturated rings. The minimum Gasteiger partial charge on any atom is -0.356 e. The molecule has 0 saturated carbocycles. The third-order valence-electron chi connectivity index (χ3n) is 3.80. The fourth-order valence-electron chi connectivity index (χ4n) is 2.69. The van der Waals surface area contributed by atoms with Crippen molar-refractivity contribution in [3.8, 4) is 0 Å². The van der Waals surface area contributed by atoms with Gasteiger partial charge in [-0.1, -0.05) is 17.7 Å².